The molecule has 1 aromatic heterocycles. The molecule has 0 amide bonds. The molecule has 0 aliphatic heterocycles. The number of rotatable bonds is 4. The summed E-state index contributed by atoms with van der Waals surface area (Å²) in [5.74, 6) is 0. The zero-order valence-corrected chi connectivity index (χ0v) is 21.0. The van der Waals surface area contributed by atoms with Gasteiger partial charge in [0.15, 0.2) is 4.80 Å². The van der Waals surface area contributed by atoms with Crippen molar-refractivity contribution in [1.82, 2.24) is 8.87 Å². The highest BCUT2D eigenvalue weighted by atomic mass is 79.9. The average Bonchev–Trinajstić information content (AvgIpc) is 3.00. The first-order valence-electron chi connectivity index (χ1n) is 8.29. The van der Waals surface area contributed by atoms with Gasteiger partial charge in [0.25, 0.3) is 0 Å². The Kier molecular flexibility index (Phi) is 7.75. The molecule has 5 nitrogen and oxygen atoms in total. The standard InChI is InChI=1S/C19H19Cl2N3O2S2.BrH/c1-12-14(20)6-5-7-16(12)22-19-24(4)17(11-27-19)13-8-9-15(21)18(10-13)28(25,26)23(2)3;/h5-11H,1-4H3;1H/b22-19+;. The highest BCUT2D eigenvalue weighted by Gasteiger charge is 2.22. The number of hydrogen-bond acceptors (Lipinski definition) is 4. The first-order chi connectivity index (χ1) is 13.1. The second-order valence-electron chi connectivity index (χ2n) is 6.39. The van der Waals surface area contributed by atoms with Gasteiger partial charge in [-0.3, -0.25) is 0 Å². The fraction of sp³-hybridized carbons (Fsp3) is 0.211. The van der Waals surface area contributed by atoms with Gasteiger partial charge in [-0.05, 0) is 36.8 Å². The minimum absolute atomic E-state index is 0. The van der Waals surface area contributed by atoms with E-state index in [1.54, 1.807) is 18.2 Å². The van der Waals surface area contributed by atoms with E-state index in [-0.39, 0.29) is 26.9 Å². The fourth-order valence-electron chi connectivity index (χ4n) is 2.61. The van der Waals surface area contributed by atoms with E-state index >= 15 is 0 Å². The highest BCUT2D eigenvalue weighted by Crippen LogP contribution is 2.30. The molecule has 10 heteroatoms. The van der Waals surface area contributed by atoms with Crippen LogP contribution in [0.1, 0.15) is 5.56 Å². The lowest BCUT2D eigenvalue weighted by Gasteiger charge is -2.14. The summed E-state index contributed by atoms with van der Waals surface area (Å²) in [5, 5.41) is 2.79. The molecule has 156 valence electrons. The van der Waals surface area contributed by atoms with Gasteiger partial charge in [0.2, 0.25) is 10.0 Å². The van der Waals surface area contributed by atoms with Crippen LogP contribution in [0.2, 0.25) is 10.0 Å². The number of sulfonamides is 1. The van der Waals surface area contributed by atoms with Crippen LogP contribution >= 0.6 is 51.5 Å². The number of thiazole rings is 1. The zero-order valence-electron chi connectivity index (χ0n) is 16.2. The van der Waals surface area contributed by atoms with Crippen molar-refractivity contribution in [1.29, 1.82) is 0 Å². The summed E-state index contributed by atoms with van der Waals surface area (Å²) in [6.07, 6.45) is 0. The molecule has 0 aliphatic rings. The van der Waals surface area contributed by atoms with Crippen LogP contribution in [0, 0.1) is 6.92 Å². The van der Waals surface area contributed by atoms with E-state index < -0.39 is 10.0 Å². The van der Waals surface area contributed by atoms with E-state index in [4.69, 9.17) is 28.2 Å². The van der Waals surface area contributed by atoms with Gasteiger partial charge >= 0.3 is 0 Å². The van der Waals surface area contributed by atoms with Crippen LogP contribution in [0.4, 0.5) is 5.69 Å². The minimum atomic E-state index is -3.65. The predicted octanol–water partition coefficient (Wildman–Crippen LogP) is 5.43. The molecule has 0 unspecified atom stereocenters. The van der Waals surface area contributed by atoms with E-state index in [2.05, 4.69) is 0 Å². The Bertz CT molecular complexity index is 1220. The van der Waals surface area contributed by atoms with Crippen LogP contribution in [-0.4, -0.2) is 31.4 Å². The third-order valence-electron chi connectivity index (χ3n) is 4.37. The molecular weight excluding hydrogens is 517 g/mol. The molecule has 1 heterocycles. The Morgan fingerprint density at radius 3 is 2.45 bits per heavy atom. The molecule has 2 aromatic carbocycles. The first-order valence-corrected chi connectivity index (χ1v) is 11.4. The largest absolute Gasteiger partial charge is 0.320 e. The van der Waals surface area contributed by atoms with Gasteiger partial charge in [-0.25, -0.2) is 17.7 Å². The van der Waals surface area contributed by atoms with Crippen LogP contribution < -0.4 is 4.80 Å². The fourth-order valence-corrected chi connectivity index (χ4v) is 5.09. The number of hydrogen-bond donors (Lipinski definition) is 0. The molecule has 3 aromatic rings. The highest BCUT2D eigenvalue weighted by molar-refractivity contribution is 8.93. The summed E-state index contributed by atoms with van der Waals surface area (Å²) >= 11 is 13.8. The Morgan fingerprint density at radius 2 is 1.79 bits per heavy atom. The number of benzene rings is 2. The molecule has 0 spiro atoms. The number of aromatic nitrogens is 1. The van der Waals surface area contributed by atoms with Crippen LogP contribution in [0.15, 0.2) is 51.7 Å². The van der Waals surface area contributed by atoms with Gasteiger partial charge in [0, 0.05) is 37.1 Å². The van der Waals surface area contributed by atoms with E-state index in [0.717, 1.165) is 31.6 Å². The molecule has 0 saturated heterocycles. The molecule has 0 saturated carbocycles. The van der Waals surface area contributed by atoms with Crippen LogP contribution in [0.5, 0.6) is 0 Å². The van der Waals surface area contributed by atoms with Gasteiger partial charge in [0.1, 0.15) is 4.90 Å². The zero-order chi connectivity index (χ0) is 20.6. The van der Waals surface area contributed by atoms with Crippen LogP contribution in [-0.2, 0) is 17.1 Å². The molecule has 0 atom stereocenters. The third kappa shape index (κ3) is 4.78. The first kappa shape index (κ1) is 24.1. The smallest absolute Gasteiger partial charge is 0.244 e. The summed E-state index contributed by atoms with van der Waals surface area (Å²) in [4.78, 5) is 5.56. The lowest BCUT2D eigenvalue weighted by molar-refractivity contribution is 0.521. The van der Waals surface area contributed by atoms with Gasteiger partial charge in [0.05, 0.1) is 16.4 Å². The number of nitrogens with zero attached hydrogens (tertiary/aromatic N) is 3. The van der Waals surface area contributed by atoms with Crippen LogP contribution in [0.3, 0.4) is 0 Å². The summed E-state index contributed by atoms with van der Waals surface area (Å²) in [7, 11) is 1.20. The van der Waals surface area contributed by atoms with Gasteiger partial charge in [-0.15, -0.1) is 28.3 Å². The topological polar surface area (TPSA) is 54.7 Å². The maximum atomic E-state index is 12.5. The molecule has 3 rings (SSSR count). The van der Waals surface area contributed by atoms with Gasteiger partial charge < -0.3 is 4.57 Å². The van der Waals surface area contributed by atoms with E-state index in [0.29, 0.717) is 5.02 Å². The quantitative estimate of drug-likeness (QED) is 0.446. The van der Waals surface area contributed by atoms with E-state index in [1.807, 2.05) is 42.1 Å². The number of halogens is 3. The van der Waals surface area contributed by atoms with Crippen molar-refractivity contribution in [2.24, 2.45) is 12.0 Å². The average molecular weight is 537 g/mol. The minimum Gasteiger partial charge on any atom is -0.320 e. The van der Waals surface area contributed by atoms with Crippen LogP contribution in [0.25, 0.3) is 11.3 Å². The maximum Gasteiger partial charge on any atom is 0.244 e. The SMILES string of the molecule is Br.Cc1c(Cl)cccc1/N=c1/scc(-c2ccc(Cl)c(S(=O)(=O)N(C)C)c2)n1C. The summed E-state index contributed by atoms with van der Waals surface area (Å²) < 4.78 is 28.2. The third-order valence-corrected chi connectivity index (χ3v) is 7.99. The monoisotopic (exact) mass is 535 g/mol. The Hall–Kier alpha value is -1.16. The maximum absolute atomic E-state index is 12.5. The van der Waals surface area contributed by atoms with E-state index in [9.17, 15) is 8.42 Å². The van der Waals surface area contributed by atoms with Gasteiger partial charge in [-0.1, -0.05) is 35.3 Å². The molecule has 29 heavy (non-hydrogen) atoms. The second kappa shape index (κ2) is 9.32. The summed E-state index contributed by atoms with van der Waals surface area (Å²) in [6.45, 7) is 1.92. The molecule has 0 fully saturated rings. The van der Waals surface area contributed by atoms with Crippen molar-refractivity contribution in [3.05, 3.63) is 62.2 Å². The lowest BCUT2D eigenvalue weighted by atomic mass is 10.2. The summed E-state index contributed by atoms with van der Waals surface area (Å²) in [6, 6.07) is 10.6. The van der Waals surface area contributed by atoms with Crippen molar-refractivity contribution in [3.8, 4) is 11.3 Å². The second-order valence-corrected chi connectivity index (χ2v) is 10.2. The molecular formula is C19H20BrCl2N3O2S2. The Morgan fingerprint density at radius 1 is 1.10 bits per heavy atom. The van der Waals surface area contributed by atoms with Crippen molar-refractivity contribution in [2.75, 3.05) is 14.1 Å². The lowest BCUT2D eigenvalue weighted by Crippen LogP contribution is -2.22. The Balaban J connectivity index is 0.00000300. The van der Waals surface area contributed by atoms with Crippen molar-refractivity contribution >= 4 is 67.2 Å². The van der Waals surface area contributed by atoms with Crippen molar-refractivity contribution in [2.45, 2.75) is 11.8 Å². The molecule has 0 N–H and O–H groups in total. The molecule has 0 bridgehead atoms. The van der Waals surface area contributed by atoms with Crippen molar-refractivity contribution < 1.29 is 8.42 Å². The Labute approximate surface area is 195 Å². The van der Waals surface area contributed by atoms with E-state index in [1.165, 1.54) is 25.4 Å². The molecule has 0 aliphatic carbocycles. The predicted molar refractivity (Wildman–Crippen MR) is 126 cm³/mol. The summed E-state index contributed by atoms with van der Waals surface area (Å²) in [5.41, 5.74) is 3.29. The normalized spacial score (nSPS) is 12.3. The molecule has 0 radical (unpaired) electrons. The van der Waals surface area contributed by atoms with Crippen molar-refractivity contribution in [3.63, 3.8) is 0 Å². The van der Waals surface area contributed by atoms with Gasteiger partial charge in [-0.2, -0.15) is 0 Å².